The number of carbonyl (C=O) groups is 1. The van der Waals surface area contributed by atoms with Gasteiger partial charge in [0.05, 0.1) is 25.3 Å². The van der Waals surface area contributed by atoms with Crippen LogP contribution in [0.1, 0.15) is 34.3 Å². The lowest BCUT2D eigenvalue weighted by atomic mass is 10.1. The van der Waals surface area contributed by atoms with Crippen molar-refractivity contribution in [1.82, 2.24) is 4.90 Å². The van der Waals surface area contributed by atoms with Crippen molar-refractivity contribution in [2.75, 3.05) is 14.2 Å². The molecule has 0 atom stereocenters. The molecule has 0 saturated heterocycles. The highest BCUT2D eigenvalue weighted by Gasteiger charge is 2.35. The molecule has 144 valence electrons. The van der Waals surface area contributed by atoms with E-state index < -0.39 is 11.7 Å². The summed E-state index contributed by atoms with van der Waals surface area (Å²) < 4.78 is 48.6. The smallest absolute Gasteiger partial charge is 0.416 e. The van der Waals surface area contributed by atoms with Gasteiger partial charge in [-0.25, -0.2) is 0 Å². The van der Waals surface area contributed by atoms with Crippen molar-refractivity contribution >= 4 is 5.91 Å². The SMILES string of the molecule is COc1ccc(C(=O)N(Cc2ccc(C(F)(F)F)cc2)C2CC2)c(OC)c1. The van der Waals surface area contributed by atoms with E-state index in [0.717, 1.165) is 25.0 Å². The Bertz CT molecular complexity index is 814. The summed E-state index contributed by atoms with van der Waals surface area (Å²) in [6.45, 7) is 0.247. The van der Waals surface area contributed by atoms with Gasteiger partial charge in [-0.2, -0.15) is 13.2 Å². The topological polar surface area (TPSA) is 38.8 Å². The van der Waals surface area contributed by atoms with E-state index in [9.17, 15) is 18.0 Å². The molecule has 0 spiro atoms. The predicted molar refractivity (Wildman–Crippen MR) is 93.9 cm³/mol. The van der Waals surface area contributed by atoms with Crippen LogP contribution in [0.2, 0.25) is 0 Å². The van der Waals surface area contributed by atoms with Gasteiger partial charge in [0, 0.05) is 18.7 Å². The molecule has 2 aromatic rings. The average molecular weight is 379 g/mol. The Labute approximate surface area is 155 Å². The number of halogens is 3. The lowest BCUT2D eigenvalue weighted by Gasteiger charge is -2.24. The number of benzene rings is 2. The molecule has 1 fully saturated rings. The van der Waals surface area contributed by atoms with E-state index in [1.165, 1.54) is 26.4 Å². The Morgan fingerprint density at radius 2 is 1.74 bits per heavy atom. The first-order valence-electron chi connectivity index (χ1n) is 8.52. The summed E-state index contributed by atoms with van der Waals surface area (Å²) in [6, 6.07) is 9.95. The van der Waals surface area contributed by atoms with Crippen molar-refractivity contribution < 1.29 is 27.4 Å². The first kappa shape index (κ1) is 19.1. The standard InChI is InChI=1S/C20H20F3NO3/c1-26-16-9-10-17(18(11-16)27-2)19(25)24(15-7-8-15)12-13-3-5-14(6-4-13)20(21,22)23/h3-6,9-11,15H,7-8,12H2,1-2H3. The van der Waals surface area contributed by atoms with E-state index in [1.807, 2.05) is 0 Å². The van der Waals surface area contributed by atoms with Crippen molar-refractivity contribution in [3.63, 3.8) is 0 Å². The van der Waals surface area contributed by atoms with Crippen LogP contribution in [0.5, 0.6) is 11.5 Å². The third-order valence-electron chi connectivity index (χ3n) is 4.52. The van der Waals surface area contributed by atoms with Crippen LogP contribution in [0.25, 0.3) is 0 Å². The van der Waals surface area contributed by atoms with E-state index >= 15 is 0 Å². The molecule has 0 N–H and O–H groups in total. The van der Waals surface area contributed by atoms with Gasteiger partial charge >= 0.3 is 6.18 Å². The number of methoxy groups -OCH3 is 2. The monoisotopic (exact) mass is 379 g/mol. The van der Waals surface area contributed by atoms with Crippen LogP contribution in [0.15, 0.2) is 42.5 Å². The van der Waals surface area contributed by atoms with Crippen molar-refractivity contribution in [2.24, 2.45) is 0 Å². The summed E-state index contributed by atoms with van der Waals surface area (Å²) in [7, 11) is 3.00. The molecule has 1 aliphatic rings. The molecule has 7 heteroatoms. The molecule has 1 amide bonds. The van der Waals surface area contributed by atoms with Gasteiger partial charge in [0.1, 0.15) is 11.5 Å². The van der Waals surface area contributed by atoms with Gasteiger partial charge in [0.25, 0.3) is 5.91 Å². The summed E-state index contributed by atoms with van der Waals surface area (Å²) in [5, 5.41) is 0. The molecular weight excluding hydrogens is 359 g/mol. The van der Waals surface area contributed by atoms with Crippen molar-refractivity contribution in [3.05, 3.63) is 59.2 Å². The number of hydrogen-bond acceptors (Lipinski definition) is 3. The van der Waals surface area contributed by atoms with E-state index in [2.05, 4.69) is 0 Å². The lowest BCUT2D eigenvalue weighted by Crippen LogP contribution is -2.32. The highest BCUT2D eigenvalue weighted by atomic mass is 19.4. The Morgan fingerprint density at radius 3 is 2.26 bits per heavy atom. The third kappa shape index (κ3) is 4.35. The second kappa shape index (κ2) is 7.50. The first-order chi connectivity index (χ1) is 12.8. The number of carbonyl (C=O) groups excluding carboxylic acids is 1. The van der Waals surface area contributed by atoms with Gasteiger partial charge in [-0.1, -0.05) is 12.1 Å². The molecule has 2 aromatic carbocycles. The third-order valence-corrected chi connectivity index (χ3v) is 4.52. The number of rotatable bonds is 6. The minimum atomic E-state index is -4.37. The predicted octanol–water partition coefficient (Wildman–Crippen LogP) is 4.53. The van der Waals surface area contributed by atoms with Crippen molar-refractivity contribution in [2.45, 2.75) is 31.6 Å². The second-order valence-corrected chi connectivity index (χ2v) is 6.43. The summed E-state index contributed by atoms with van der Waals surface area (Å²) in [5.41, 5.74) is 0.347. The average Bonchev–Trinajstić information content (AvgIpc) is 3.49. The number of ether oxygens (including phenoxy) is 2. The van der Waals surface area contributed by atoms with Crippen LogP contribution in [0, 0.1) is 0 Å². The van der Waals surface area contributed by atoms with Gasteiger partial charge in [-0.05, 0) is 42.7 Å². The molecular formula is C20H20F3NO3. The van der Waals surface area contributed by atoms with Gasteiger partial charge < -0.3 is 14.4 Å². The molecule has 1 aliphatic carbocycles. The zero-order chi connectivity index (χ0) is 19.6. The minimum Gasteiger partial charge on any atom is -0.497 e. The molecule has 0 aliphatic heterocycles. The van der Waals surface area contributed by atoms with Crippen LogP contribution in [0.4, 0.5) is 13.2 Å². The number of alkyl halides is 3. The normalized spacial score (nSPS) is 14.0. The number of nitrogens with zero attached hydrogens (tertiary/aromatic N) is 1. The number of amides is 1. The number of hydrogen-bond donors (Lipinski definition) is 0. The zero-order valence-electron chi connectivity index (χ0n) is 15.0. The molecule has 0 bridgehead atoms. The Balaban J connectivity index is 1.83. The molecule has 27 heavy (non-hydrogen) atoms. The highest BCUT2D eigenvalue weighted by Crippen LogP contribution is 2.34. The fourth-order valence-corrected chi connectivity index (χ4v) is 2.88. The van der Waals surface area contributed by atoms with Gasteiger partial charge in [-0.3, -0.25) is 4.79 Å². The maximum Gasteiger partial charge on any atom is 0.416 e. The van der Waals surface area contributed by atoms with Crippen LogP contribution in [-0.4, -0.2) is 31.1 Å². The quantitative estimate of drug-likeness (QED) is 0.740. The van der Waals surface area contributed by atoms with Gasteiger partial charge in [-0.15, -0.1) is 0 Å². The fraction of sp³-hybridized carbons (Fsp3) is 0.350. The van der Waals surface area contributed by atoms with Gasteiger partial charge in [0.15, 0.2) is 0 Å². The second-order valence-electron chi connectivity index (χ2n) is 6.43. The lowest BCUT2D eigenvalue weighted by molar-refractivity contribution is -0.137. The first-order valence-corrected chi connectivity index (χ1v) is 8.52. The molecule has 0 aromatic heterocycles. The summed E-state index contributed by atoms with van der Waals surface area (Å²) >= 11 is 0. The minimum absolute atomic E-state index is 0.0894. The summed E-state index contributed by atoms with van der Waals surface area (Å²) in [5.74, 6) is 0.762. The van der Waals surface area contributed by atoms with Crippen LogP contribution < -0.4 is 9.47 Å². The largest absolute Gasteiger partial charge is 0.497 e. The Hall–Kier alpha value is -2.70. The van der Waals surface area contributed by atoms with E-state index in [0.29, 0.717) is 22.6 Å². The van der Waals surface area contributed by atoms with E-state index in [-0.39, 0.29) is 18.5 Å². The van der Waals surface area contributed by atoms with Crippen molar-refractivity contribution in [1.29, 1.82) is 0 Å². The van der Waals surface area contributed by atoms with Crippen LogP contribution >= 0.6 is 0 Å². The van der Waals surface area contributed by atoms with Crippen LogP contribution in [0.3, 0.4) is 0 Å². The van der Waals surface area contributed by atoms with E-state index in [1.54, 1.807) is 23.1 Å². The molecule has 0 heterocycles. The molecule has 4 nitrogen and oxygen atoms in total. The summed E-state index contributed by atoms with van der Waals surface area (Å²) in [6.07, 6.45) is -2.61. The van der Waals surface area contributed by atoms with Crippen molar-refractivity contribution in [3.8, 4) is 11.5 Å². The van der Waals surface area contributed by atoms with Gasteiger partial charge in [0.2, 0.25) is 0 Å². The Morgan fingerprint density at radius 1 is 1.07 bits per heavy atom. The highest BCUT2D eigenvalue weighted by molar-refractivity contribution is 5.97. The molecule has 1 saturated carbocycles. The van der Waals surface area contributed by atoms with Crippen LogP contribution in [-0.2, 0) is 12.7 Å². The summed E-state index contributed by atoms with van der Waals surface area (Å²) in [4.78, 5) is 14.7. The maximum absolute atomic E-state index is 13.1. The van der Waals surface area contributed by atoms with E-state index in [4.69, 9.17) is 9.47 Å². The zero-order valence-corrected chi connectivity index (χ0v) is 15.0. The molecule has 0 radical (unpaired) electrons. The molecule has 3 rings (SSSR count). The molecule has 0 unspecified atom stereocenters. The maximum atomic E-state index is 13.1. The fourth-order valence-electron chi connectivity index (χ4n) is 2.88. The Kier molecular flexibility index (Phi) is 5.30.